The second-order valence-corrected chi connectivity index (χ2v) is 10.8. The van der Waals surface area contributed by atoms with Crippen molar-refractivity contribution in [2.45, 2.75) is 12.8 Å². The molecule has 0 N–H and O–H groups in total. The Morgan fingerprint density at radius 1 is 0.868 bits per heavy atom. The van der Waals surface area contributed by atoms with Crippen LogP contribution in [0.2, 0.25) is 0 Å². The number of nitro benzene ring substituents is 1. The number of allylic oxidation sites excluding steroid dienone is 2. The minimum atomic E-state index is -0.698. The zero-order valence-electron chi connectivity index (χ0n) is 20.1. The quantitative estimate of drug-likeness (QED) is 0.150. The highest BCUT2D eigenvalue weighted by Crippen LogP contribution is 2.65. The fraction of sp³-hybridized carbons (Fsp3) is 0.357. The van der Waals surface area contributed by atoms with E-state index in [1.807, 2.05) is 0 Å². The largest absolute Gasteiger partial charge is 0.426 e. The van der Waals surface area contributed by atoms with Gasteiger partial charge in [0.15, 0.2) is 0 Å². The van der Waals surface area contributed by atoms with E-state index in [0.717, 1.165) is 6.42 Å². The van der Waals surface area contributed by atoms with Gasteiger partial charge in [-0.1, -0.05) is 12.2 Å². The van der Waals surface area contributed by atoms with Crippen molar-refractivity contribution in [1.29, 1.82) is 0 Å². The van der Waals surface area contributed by atoms with Crippen LogP contribution in [0.3, 0.4) is 0 Å². The minimum Gasteiger partial charge on any atom is -0.426 e. The zero-order chi connectivity index (χ0) is 26.3. The standard InChI is InChI=1S/C28H23N3O7/c32-23-11-14(13-29(23)15-1-3-17(4-2-15)31(36)37)28(35)38-18-7-5-16(6-8-18)30-26(33)24-19-9-10-20(22-12-21(19)22)25(24)27(30)34/h1-10,14,19-22,24-25H,11-13H2/t14-,19+,20+,21-,22+,24-,25+/m1/s1. The minimum absolute atomic E-state index is 0.0359. The summed E-state index contributed by atoms with van der Waals surface area (Å²) in [6.07, 6.45) is 5.33. The van der Waals surface area contributed by atoms with Crippen LogP contribution in [0, 0.1) is 51.5 Å². The van der Waals surface area contributed by atoms with Gasteiger partial charge in [0, 0.05) is 30.8 Å². The second kappa shape index (κ2) is 8.08. The third-order valence-electron chi connectivity index (χ3n) is 8.81. The number of hydrogen-bond acceptors (Lipinski definition) is 7. The number of carbonyl (C=O) groups excluding carboxylic acids is 4. The number of amides is 3. The maximum absolute atomic E-state index is 13.3. The molecular weight excluding hydrogens is 490 g/mol. The molecule has 4 aliphatic carbocycles. The van der Waals surface area contributed by atoms with Gasteiger partial charge in [0.2, 0.25) is 17.7 Å². The van der Waals surface area contributed by atoms with E-state index in [1.165, 1.54) is 34.1 Å². The van der Waals surface area contributed by atoms with Gasteiger partial charge < -0.3 is 9.64 Å². The molecule has 0 radical (unpaired) electrons. The Bertz CT molecular complexity index is 1400. The molecule has 192 valence electrons. The Kier molecular flexibility index (Phi) is 4.85. The normalized spacial score (nSPS) is 32.4. The van der Waals surface area contributed by atoms with E-state index < -0.39 is 16.8 Å². The summed E-state index contributed by atoms with van der Waals surface area (Å²) in [5.41, 5.74) is 0.848. The molecule has 2 heterocycles. The van der Waals surface area contributed by atoms with Gasteiger partial charge in [-0.2, -0.15) is 0 Å². The van der Waals surface area contributed by atoms with E-state index in [1.54, 1.807) is 24.3 Å². The summed E-state index contributed by atoms with van der Waals surface area (Å²) < 4.78 is 5.51. The van der Waals surface area contributed by atoms with Gasteiger partial charge >= 0.3 is 5.97 Å². The Hall–Kier alpha value is -4.34. The molecule has 10 nitrogen and oxygen atoms in total. The molecule has 4 fully saturated rings. The fourth-order valence-electron chi connectivity index (χ4n) is 6.94. The van der Waals surface area contributed by atoms with E-state index in [2.05, 4.69) is 12.2 Å². The molecule has 10 heteroatoms. The number of anilines is 2. The van der Waals surface area contributed by atoms with E-state index in [0.29, 0.717) is 23.2 Å². The fourth-order valence-corrected chi connectivity index (χ4v) is 6.94. The van der Waals surface area contributed by atoms with Gasteiger partial charge in [-0.05, 0) is 66.5 Å². The highest BCUT2D eigenvalue weighted by atomic mass is 16.6. The number of ether oxygens (including phenoxy) is 1. The number of benzene rings is 2. The number of carbonyl (C=O) groups is 4. The highest BCUT2D eigenvalue weighted by Gasteiger charge is 2.67. The van der Waals surface area contributed by atoms with Crippen molar-refractivity contribution >= 4 is 40.8 Å². The lowest BCUT2D eigenvalue weighted by molar-refractivity contribution is -0.384. The number of nitrogens with zero attached hydrogens (tertiary/aromatic N) is 3. The van der Waals surface area contributed by atoms with Crippen LogP contribution in [-0.2, 0) is 19.2 Å². The van der Waals surface area contributed by atoms with Crippen molar-refractivity contribution in [1.82, 2.24) is 0 Å². The molecule has 2 saturated carbocycles. The van der Waals surface area contributed by atoms with Gasteiger partial charge in [-0.15, -0.1) is 0 Å². The first-order chi connectivity index (χ1) is 18.3. The maximum atomic E-state index is 13.3. The van der Waals surface area contributed by atoms with Crippen LogP contribution in [0.25, 0.3) is 0 Å². The van der Waals surface area contributed by atoms with Crippen molar-refractivity contribution in [3.8, 4) is 5.75 Å². The lowest BCUT2D eigenvalue weighted by Gasteiger charge is -2.37. The van der Waals surface area contributed by atoms with Crippen LogP contribution in [0.15, 0.2) is 60.7 Å². The Morgan fingerprint density at radius 3 is 2.03 bits per heavy atom. The first-order valence-electron chi connectivity index (χ1n) is 12.7. The highest BCUT2D eigenvalue weighted by molar-refractivity contribution is 6.22. The van der Waals surface area contributed by atoms with E-state index in [4.69, 9.17) is 4.74 Å². The predicted molar refractivity (Wildman–Crippen MR) is 133 cm³/mol. The summed E-state index contributed by atoms with van der Waals surface area (Å²) >= 11 is 0. The summed E-state index contributed by atoms with van der Waals surface area (Å²) in [6, 6.07) is 11.9. The van der Waals surface area contributed by atoms with Gasteiger partial charge in [-0.25, -0.2) is 0 Å². The van der Waals surface area contributed by atoms with Crippen LogP contribution in [0.4, 0.5) is 17.1 Å². The number of hydrogen-bond donors (Lipinski definition) is 0. The molecule has 8 rings (SSSR count). The first-order valence-corrected chi connectivity index (χ1v) is 12.7. The number of imide groups is 1. The van der Waals surface area contributed by atoms with Crippen molar-refractivity contribution in [3.63, 3.8) is 0 Å². The zero-order valence-corrected chi connectivity index (χ0v) is 20.1. The molecule has 0 aromatic heterocycles. The summed E-state index contributed by atoms with van der Waals surface area (Å²) in [5.74, 6) is -0.789. The van der Waals surface area contributed by atoms with Crippen molar-refractivity contribution in [2.24, 2.45) is 41.4 Å². The Balaban J connectivity index is 1.02. The number of rotatable bonds is 5. The molecule has 0 unspecified atom stereocenters. The summed E-state index contributed by atoms with van der Waals surface area (Å²) in [4.78, 5) is 64.9. The third kappa shape index (κ3) is 3.32. The lowest BCUT2D eigenvalue weighted by Crippen LogP contribution is -2.40. The molecular formula is C28H23N3O7. The van der Waals surface area contributed by atoms with Crippen molar-refractivity contribution < 1.29 is 28.8 Å². The monoisotopic (exact) mass is 513 g/mol. The van der Waals surface area contributed by atoms with Crippen LogP contribution < -0.4 is 14.5 Å². The molecule has 6 aliphatic rings. The summed E-state index contributed by atoms with van der Waals surface area (Å²) in [6.45, 7) is 0.103. The van der Waals surface area contributed by atoms with Gasteiger partial charge in [0.1, 0.15) is 5.75 Å². The average molecular weight is 514 g/mol. The number of esters is 1. The van der Waals surface area contributed by atoms with Crippen LogP contribution >= 0.6 is 0 Å². The SMILES string of the molecule is O=C(Oc1ccc(N2C(=O)[C@@H]3[C@H]4C=C[C@@H]([C@@H]5C[C@H]45)[C@@H]3C2=O)cc1)[C@@H]1CC(=O)N(c2ccc([N+](=O)[O-])cc2)C1. The molecule has 2 aromatic carbocycles. The van der Waals surface area contributed by atoms with Gasteiger partial charge in [0.05, 0.1) is 28.4 Å². The smallest absolute Gasteiger partial charge is 0.316 e. The molecule has 2 aliphatic heterocycles. The maximum Gasteiger partial charge on any atom is 0.316 e. The molecule has 2 aromatic rings. The van der Waals surface area contributed by atoms with E-state index in [-0.39, 0.29) is 65.8 Å². The average Bonchev–Trinajstić information content (AvgIpc) is 3.59. The number of nitro groups is 1. The van der Waals surface area contributed by atoms with Gasteiger partial charge in [-0.3, -0.25) is 34.2 Å². The second-order valence-electron chi connectivity index (χ2n) is 10.8. The van der Waals surface area contributed by atoms with Crippen LogP contribution in [0.1, 0.15) is 12.8 Å². The van der Waals surface area contributed by atoms with Crippen LogP contribution in [0.5, 0.6) is 5.75 Å². The van der Waals surface area contributed by atoms with Gasteiger partial charge in [0.25, 0.3) is 5.69 Å². The van der Waals surface area contributed by atoms with E-state index >= 15 is 0 Å². The molecule has 3 amide bonds. The predicted octanol–water partition coefficient (Wildman–Crippen LogP) is 3.11. The molecule has 38 heavy (non-hydrogen) atoms. The Morgan fingerprint density at radius 2 is 1.45 bits per heavy atom. The van der Waals surface area contributed by atoms with Crippen LogP contribution in [-0.4, -0.2) is 35.2 Å². The van der Waals surface area contributed by atoms with E-state index in [9.17, 15) is 29.3 Å². The lowest BCUT2D eigenvalue weighted by atomic mass is 9.63. The Labute approximate surface area is 217 Å². The van der Waals surface area contributed by atoms with Crippen molar-refractivity contribution in [3.05, 3.63) is 70.8 Å². The molecule has 7 atom stereocenters. The third-order valence-corrected chi connectivity index (χ3v) is 8.81. The molecule has 0 spiro atoms. The summed E-state index contributed by atoms with van der Waals surface area (Å²) in [7, 11) is 0. The molecule has 2 saturated heterocycles. The molecule has 2 bridgehead atoms. The number of non-ortho nitro benzene ring substituents is 1. The van der Waals surface area contributed by atoms with Crippen molar-refractivity contribution in [2.75, 3.05) is 16.3 Å². The summed E-state index contributed by atoms with van der Waals surface area (Å²) in [5, 5.41) is 10.9. The first kappa shape index (κ1) is 22.8. The topological polar surface area (TPSA) is 127 Å².